The SMILES string of the molecule is CN(C)S(=O)(=O)c1ccccc1CNC(=O)c1coc(CN)c1.Cl. The predicted octanol–water partition coefficient (Wildman–Crippen LogP) is 1.34. The molecule has 0 saturated carbocycles. The maximum absolute atomic E-state index is 12.3. The van der Waals surface area contributed by atoms with E-state index in [2.05, 4.69) is 5.32 Å². The Labute approximate surface area is 147 Å². The minimum absolute atomic E-state index is 0. The van der Waals surface area contributed by atoms with Crippen LogP contribution in [0.5, 0.6) is 0 Å². The van der Waals surface area contributed by atoms with Crippen molar-refractivity contribution in [2.45, 2.75) is 18.0 Å². The molecular weight excluding hydrogens is 354 g/mol. The van der Waals surface area contributed by atoms with Crippen LogP contribution in [0.15, 0.2) is 45.9 Å². The summed E-state index contributed by atoms with van der Waals surface area (Å²) < 4.78 is 30.8. The van der Waals surface area contributed by atoms with Crippen molar-refractivity contribution in [2.75, 3.05) is 14.1 Å². The van der Waals surface area contributed by atoms with E-state index in [0.717, 1.165) is 4.31 Å². The van der Waals surface area contributed by atoms with E-state index in [0.29, 0.717) is 16.9 Å². The quantitative estimate of drug-likeness (QED) is 0.794. The predicted molar refractivity (Wildman–Crippen MR) is 92.3 cm³/mol. The molecule has 1 aromatic carbocycles. The van der Waals surface area contributed by atoms with Crippen LogP contribution in [0.4, 0.5) is 0 Å². The lowest BCUT2D eigenvalue weighted by Crippen LogP contribution is -2.26. The maximum atomic E-state index is 12.3. The van der Waals surface area contributed by atoms with E-state index >= 15 is 0 Å². The summed E-state index contributed by atoms with van der Waals surface area (Å²) >= 11 is 0. The molecule has 3 N–H and O–H groups in total. The Kier molecular flexibility index (Phi) is 6.97. The molecule has 9 heteroatoms. The number of furan rings is 1. The van der Waals surface area contributed by atoms with E-state index in [1.165, 1.54) is 26.4 Å². The van der Waals surface area contributed by atoms with Gasteiger partial charge < -0.3 is 15.5 Å². The Balaban J connectivity index is 0.00000288. The molecule has 0 saturated heterocycles. The number of sulfonamides is 1. The van der Waals surface area contributed by atoms with Gasteiger partial charge in [-0.25, -0.2) is 12.7 Å². The van der Waals surface area contributed by atoms with Crippen molar-refractivity contribution in [1.29, 1.82) is 0 Å². The van der Waals surface area contributed by atoms with E-state index in [1.807, 2.05) is 0 Å². The average Bonchev–Trinajstić information content (AvgIpc) is 3.01. The molecule has 0 fully saturated rings. The number of carbonyl (C=O) groups is 1. The summed E-state index contributed by atoms with van der Waals surface area (Å²) in [5, 5.41) is 2.68. The van der Waals surface area contributed by atoms with E-state index in [4.69, 9.17) is 10.2 Å². The first-order valence-corrected chi connectivity index (χ1v) is 8.36. The second-order valence-electron chi connectivity index (χ2n) is 5.08. The van der Waals surface area contributed by atoms with Crippen LogP contribution in [0, 0.1) is 0 Å². The standard InChI is InChI=1S/C15H19N3O4S.ClH/c1-18(2)23(20,21)14-6-4-3-5-11(14)9-17-15(19)12-7-13(8-16)22-10-12;/h3-7,10H,8-9,16H2,1-2H3,(H,17,19);1H. The molecule has 0 aliphatic carbocycles. The van der Waals surface area contributed by atoms with Gasteiger partial charge in [-0.05, 0) is 17.7 Å². The van der Waals surface area contributed by atoms with E-state index in [9.17, 15) is 13.2 Å². The minimum Gasteiger partial charge on any atom is -0.467 e. The van der Waals surface area contributed by atoms with Gasteiger partial charge in [0.25, 0.3) is 5.91 Å². The Morgan fingerprint density at radius 2 is 1.96 bits per heavy atom. The molecule has 24 heavy (non-hydrogen) atoms. The zero-order valence-corrected chi connectivity index (χ0v) is 15.0. The number of nitrogens with zero attached hydrogens (tertiary/aromatic N) is 1. The smallest absolute Gasteiger partial charge is 0.254 e. The molecule has 0 aliphatic rings. The minimum atomic E-state index is -3.57. The van der Waals surface area contributed by atoms with Gasteiger partial charge >= 0.3 is 0 Å². The highest BCUT2D eigenvalue weighted by atomic mass is 35.5. The molecule has 1 heterocycles. The second-order valence-corrected chi connectivity index (χ2v) is 7.20. The van der Waals surface area contributed by atoms with Crippen LogP contribution in [0.3, 0.4) is 0 Å². The molecule has 0 spiro atoms. The fourth-order valence-electron chi connectivity index (χ4n) is 1.98. The number of nitrogens with one attached hydrogen (secondary N) is 1. The number of hydrogen-bond acceptors (Lipinski definition) is 5. The summed E-state index contributed by atoms with van der Waals surface area (Å²) in [5.41, 5.74) is 6.28. The van der Waals surface area contributed by atoms with Crippen molar-refractivity contribution in [2.24, 2.45) is 5.73 Å². The van der Waals surface area contributed by atoms with Crippen molar-refractivity contribution in [3.8, 4) is 0 Å². The van der Waals surface area contributed by atoms with Crippen LogP contribution in [0.2, 0.25) is 0 Å². The molecule has 132 valence electrons. The lowest BCUT2D eigenvalue weighted by atomic mass is 10.2. The molecule has 2 rings (SSSR count). The average molecular weight is 374 g/mol. The lowest BCUT2D eigenvalue weighted by molar-refractivity contribution is 0.0950. The first kappa shape index (κ1) is 20.2. The number of hydrogen-bond donors (Lipinski definition) is 2. The van der Waals surface area contributed by atoms with Gasteiger partial charge in [0.05, 0.1) is 17.0 Å². The summed E-state index contributed by atoms with van der Waals surface area (Å²) in [6.45, 7) is 0.294. The van der Waals surface area contributed by atoms with Crippen molar-refractivity contribution in [3.05, 3.63) is 53.5 Å². The first-order valence-electron chi connectivity index (χ1n) is 6.92. The first-order chi connectivity index (χ1) is 10.9. The molecule has 1 amide bonds. The molecular formula is C15H20ClN3O4S. The van der Waals surface area contributed by atoms with E-state index < -0.39 is 10.0 Å². The summed E-state index contributed by atoms with van der Waals surface area (Å²) in [5.74, 6) is 0.149. The topological polar surface area (TPSA) is 106 Å². The van der Waals surface area contributed by atoms with Gasteiger partial charge in [0.15, 0.2) is 0 Å². The zero-order chi connectivity index (χ0) is 17.0. The largest absolute Gasteiger partial charge is 0.467 e. The number of carbonyl (C=O) groups excluding carboxylic acids is 1. The summed E-state index contributed by atoms with van der Waals surface area (Å²) in [6, 6.07) is 8.10. The number of halogens is 1. The highest BCUT2D eigenvalue weighted by Gasteiger charge is 2.21. The Bertz CT molecular complexity index is 803. The van der Waals surface area contributed by atoms with Gasteiger partial charge in [0.1, 0.15) is 12.0 Å². The van der Waals surface area contributed by atoms with Crippen molar-refractivity contribution < 1.29 is 17.6 Å². The third kappa shape index (κ3) is 4.35. The fourth-order valence-corrected chi connectivity index (χ4v) is 3.10. The van der Waals surface area contributed by atoms with Crippen LogP contribution in [0.1, 0.15) is 21.7 Å². The molecule has 0 radical (unpaired) electrons. The fraction of sp³-hybridized carbons (Fsp3) is 0.267. The van der Waals surface area contributed by atoms with Gasteiger partial charge in [-0.1, -0.05) is 18.2 Å². The van der Waals surface area contributed by atoms with Crippen molar-refractivity contribution >= 4 is 28.3 Å². The number of rotatable bonds is 6. The molecule has 0 atom stereocenters. The van der Waals surface area contributed by atoms with E-state index in [1.54, 1.807) is 24.3 Å². The third-order valence-electron chi connectivity index (χ3n) is 3.29. The van der Waals surface area contributed by atoms with Crippen LogP contribution < -0.4 is 11.1 Å². The number of nitrogens with two attached hydrogens (primary N) is 1. The van der Waals surface area contributed by atoms with Crippen LogP contribution in [-0.2, 0) is 23.1 Å². The van der Waals surface area contributed by atoms with Crippen molar-refractivity contribution in [1.82, 2.24) is 9.62 Å². The van der Waals surface area contributed by atoms with Gasteiger partial charge in [-0.15, -0.1) is 12.4 Å². The summed E-state index contributed by atoms with van der Waals surface area (Å²) in [7, 11) is -0.647. The van der Waals surface area contributed by atoms with Crippen LogP contribution in [0.25, 0.3) is 0 Å². The Morgan fingerprint density at radius 1 is 1.29 bits per heavy atom. The lowest BCUT2D eigenvalue weighted by Gasteiger charge is -2.15. The van der Waals surface area contributed by atoms with Gasteiger partial charge in [-0.2, -0.15) is 0 Å². The highest BCUT2D eigenvalue weighted by Crippen LogP contribution is 2.18. The molecule has 7 nitrogen and oxygen atoms in total. The molecule has 0 bridgehead atoms. The summed E-state index contributed by atoms with van der Waals surface area (Å²) in [4.78, 5) is 12.2. The monoisotopic (exact) mass is 373 g/mol. The normalized spacial score (nSPS) is 11.2. The zero-order valence-electron chi connectivity index (χ0n) is 13.4. The number of benzene rings is 1. The second kappa shape index (κ2) is 8.29. The molecule has 1 aromatic heterocycles. The van der Waals surface area contributed by atoms with Gasteiger partial charge in [0.2, 0.25) is 10.0 Å². The Morgan fingerprint density at radius 3 is 2.54 bits per heavy atom. The number of amides is 1. The maximum Gasteiger partial charge on any atom is 0.254 e. The molecule has 2 aromatic rings. The van der Waals surface area contributed by atoms with Crippen LogP contribution >= 0.6 is 12.4 Å². The van der Waals surface area contributed by atoms with Crippen LogP contribution in [-0.4, -0.2) is 32.7 Å². The molecule has 0 unspecified atom stereocenters. The Hall–Kier alpha value is -1.87. The van der Waals surface area contributed by atoms with Gasteiger partial charge in [0, 0.05) is 20.6 Å². The third-order valence-corrected chi connectivity index (χ3v) is 5.20. The summed E-state index contributed by atoms with van der Waals surface area (Å²) in [6.07, 6.45) is 1.32. The molecule has 0 aliphatic heterocycles. The highest BCUT2D eigenvalue weighted by molar-refractivity contribution is 7.89. The van der Waals surface area contributed by atoms with Crippen molar-refractivity contribution in [3.63, 3.8) is 0 Å². The van der Waals surface area contributed by atoms with Gasteiger partial charge in [-0.3, -0.25) is 4.79 Å². The van der Waals surface area contributed by atoms with E-state index in [-0.39, 0.29) is 36.3 Å².